The van der Waals surface area contributed by atoms with Gasteiger partial charge >= 0.3 is 0 Å². The fourth-order valence-corrected chi connectivity index (χ4v) is 3.51. The van der Waals surface area contributed by atoms with Crippen molar-refractivity contribution in [2.75, 3.05) is 6.26 Å². The zero-order valence-corrected chi connectivity index (χ0v) is 15.1. The molecule has 0 atom stereocenters. The normalized spacial score (nSPS) is 11.6. The summed E-state index contributed by atoms with van der Waals surface area (Å²) in [5.41, 5.74) is 4.19. The van der Waals surface area contributed by atoms with Crippen LogP contribution in [0.15, 0.2) is 70.6 Å². The zero-order valence-electron chi connectivity index (χ0n) is 13.4. The van der Waals surface area contributed by atoms with Gasteiger partial charge in [0.2, 0.25) is 10.0 Å². The van der Waals surface area contributed by atoms with Crippen LogP contribution in [0, 0.1) is 6.92 Å². The highest BCUT2D eigenvalue weighted by molar-refractivity contribution is 7.98. The molecule has 2 aromatic carbocycles. The van der Waals surface area contributed by atoms with Crippen LogP contribution in [0.2, 0.25) is 0 Å². The number of aryl methyl sites for hydroxylation is 1. The molecular formula is C18H18N2O2S2. The highest BCUT2D eigenvalue weighted by Crippen LogP contribution is 2.28. The van der Waals surface area contributed by atoms with Crippen molar-refractivity contribution in [1.29, 1.82) is 0 Å². The van der Waals surface area contributed by atoms with Crippen molar-refractivity contribution in [2.24, 2.45) is 5.14 Å². The molecule has 0 spiro atoms. The topological polar surface area (TPSA) is 65.1 Å². The summed E-state index contributed by atoms with van der Waals surface area (Å²) < 4.78 is 24.9. The molecule has 0 aliphatic carbocycles. The van der Waals surface area contributed by atoms with Crippen molar-refractivity contribution < 1.29 is 8.42 Å². The van der Waals surface area contributed by atoms with E-state index in [0.29, 0.717) is 0 Å². The second kappa shape index (κ2) is 6.47. The van der Waals surface area contributed by atoms with E-state index in [4.69, 9.17) is 5.14 Å². The average Bonchev–Trinajstić information content (AvgIpc) is 2.96. The minimum absolute atomic E-state index is 0.112. The molecule has 0 saturated heterocycles. The van der Waals surface area contributed by atoms with Gasteiger partial charge in [-0.1, -0.05) is 12.1 Å². The van der Waals surface area contributed by atoms with Gasteiger partial charge in [0.05, 0.1) is 10.6 Å². The summed E-state index contributed by atoms with van der Waals surface area (Å²) in [6.07, 6.45) is 4.08. The molecule has 1 heterocycles. The molecule has 0 bridgehead atoms. The van der Waals surface area contributed by atoms with Crippen molar-refractivity contribution in [2.45, 2.75) is 16.7 Å². The Morgan fingerprint density at radius 3 is 2.17 bits per heavy atom. The van der Waals surface area contributed by atoms with Gasteiger partial charge in [-0.15, -0.1) is 11.8 Å². The summed E-state index contributed by atoms with van der Waals surface area (Å²) in [6, 6.07) is 17.1. The minimum atomic E-state index is -3.68. The number of nitrogens with zero attached hydrogens (tertiary/aromatic N) is 1. The predicted molar refractivity (Wildman–Crippen MR) is 99.1 cm³/mol. The fraction of sp³-hybridized carbons (Fsp3) is 0.111. The maximum atomic E-state index is 11.4. The standard InChI is InChI=1S/C18H18N2O2S2/c1-13-11-18(14-3-7-16(23-2)8-4-14)20(12-13)15-5-9-17(10-6-15)24(19,21)22/h3-12H,1-2H3,(H2,19,21,22). The lowest BCUT2D eigenvalue weighted by Gasteiger charge is -2.10. The molecule has 0 amide bonds. The summed E-state index contributed by atoms with van der Waals surface area (Å²) in [4.78, 5) is 1.33. The number of sulfonamides is 1. The Hall–Kier alpha value is -2.02. The number of benzene rings is 2. The van der Waals surface area contributed by atoms with Crippen molar-refractivity contribution in [3.8, 4) is 16.9 Å². The fourth-order valence-electron chi connectivity index (χ4n) is 2.59. The van der Waals surface area contributed by atoms with Gasteiger partial charge in [-0.05, 0) is 66.8 Å². The number of aromatic nitrogens is 1. The molecular weight excluding hydrogens is 340 g/mol. The lowest BCUT2D eigenvalue weighted by atomic mass is 10.1. The van der Waals surface area contributed by atoms with E-state index in [1.165, 1.54) is 17.0 Å². The zero-order chi connectivity index (χ0) is 17.3. The summed E-state index contributed by atoms with van der Waals surface area (Å²) in [6.45, 7) is 2.04. The van der Waals surface area contributed by atoms with Gasteiger partial charge in [-0.2, -0.15) is 0 Å². The summed E-state index contributed by atoms with van der Waals surface area (Å²) in [7, 11) is -3.68. The second-order valence-corrected chi connectivity index (χ2v) is 7.98. The van der Waals surface area contributed by atoms with Gasteiger partial charge in [0.15, 0.2) is 0 Å². The maximum absolute atomic E-state index is 11.4. The predicted octanol–water partition coefficient (Wildman–Crippen LogP) is 3.82. The molecule has 2 N–H and O–H groups in total. The first-order chi connectivity index (χ1) is 11.4. The average molecular weight is 358 g/mol. The highest BCUT2D eigenvalue weighted by atomic mass is 32.2. The van der Waals surface area contributed by atoms with E-state index in [9.17, 15) is 8.42 Å². The summed E-state index contributed by atoms with van der Waals surface area (Å²) >= 11 is 1.71. The quantitative estimate of drug-likeness (QED) is 0.721. The summed E-state index contributed by atoms with van der Waals surface area (Å²) in [5.74, 6) is 0. The van der Waals surface area contributed by atoms with Gasteiger partial charge in [0.25, 0.3) is 0 Å². The number of primary sulfonamides is 1. The Morgan fingerprint density at radius 2 is 1.62 bits per heavy atom. The van der Waals surface area contributed by atoms with Crippen molar-refractivity contribution >= 4 is 21.8 Å². The van der Waals surface area contributed by atoms with Crippen LogP contribution in [0.3, 0.4) is 0 Å². The monoisotopic (exact) mass is 358 g/mol. The Morgan fingerprint density at radius 1 is 1.00 bits per heavy atom. The van der Waals surface area contributed by atoms with E-state index in [-0.39, 0.29) is 4.90 Å². The number of hydrogen-bond acceptors (Lipinski definition) is 3. The van der Waals surface area contributed by atoms with Gasteiger partial charge < -0.3 is 4.57 Å². The van der Waals surface area contributed by atoms with Crippen LogP contribution in [0.1, 0.15) is 5.56 Å². The van der Waals surface area contributed by atoms with Crippen LogP contribution >= 0.6 is 11.8 Å². The lowest BCUT2D eigenvalue weighted by Crippen LogP contribution is -2.12. The Labute approximate surface area is 146 Å². The van der Waals surface area contributed by atoms with Crippen LogP contribution in [0.5, 0.6) is 0 Å². The third-order valence-electron chi connectivity index (χ3n) is 3.79. The largest absolute Gasteiger partial charge is 0.316 e. The lowest BCUT2D eigenvalue weighted by molar-refractivity contribution is 0.598. The maximum Gasteiger partial charge on any atom is 0.238 e. The number of hydrogen-bond donors (Lipinski definition) is 1. The first kappa shape index (κ1) is 16.8. The molecule has 0 unspecified atom stereocenters. The third-order valence-corrected chi connectivity index (χ3v) is 5.46. The van der Waals surface area contributed by atoms with Crippen molar-refractivity contribution in [1.82, 2.24) is 4.57 Å². The van der Waals surface area contributed by atoms with E-state index >= 15 is 0 Å². The number of thioether (sulfide) groups is 1. The Balaban J connectivity index is 2.05. The Bertz CT molecular complexity index is 957. The van der Waals surface area contributed by atoms with Crippen LogP contribution in [-0.2, 0) is 10.0 Å². The highest BCUT2D eigenvalue weighted by Gasteiger charge is 2.11. The van der Waals surface area contributed by atoms with Crippen molar-refractivity contribution in [3.05, 3.63) is 66.4 Å². The van der Waals surface area contributed by atoms with Crippen LogP contribution in [0.4, 0.5) is 0 Å². The molecule has 0 aliphatic heterocycles. The minimum Gasteiger partial charge on any atom is -0.316 e. The molecule has 6 heteroatoms. The molecule has 0 aliphatic rings. The van der Waals surface area contributed by atoms with Crippen LogP contribution in [-0.4, -0.2) is 19.2 Å². The molecule has 0 fully saturated rings. The molecule has 124 valence electrons. The first-order valence-electron chi connectivity index (χ1n) is 7.35. The molecule has 3 rings (SSSR count). The molecule has 0 saturated carbocycles. The van der Waals surface area contributed by atoms with E-state index < -0.39 is 10.0 Å². The van der Waals surface area contributed by atoms with Gasteiger partial charge in [-0.3, -0.25) is 0 Å². The number of nitrogens with two attached hydrogens (primary N) is 1. The molecule has 3 aromatic rings. The Kier molecular flexibility index (Phi) is 4.54. The first-order valence-corrected chi connectivity index (χ1v) is 10.1. The van der Waals surface area contributed by atoms with Crippen molar-refractivity contribution in [3.63, 3.8) is 0 Å². The van der Waals surface area contributed by atoms with E-state index in [2.05, 4.69) is 41.2 Å². The van der Waals surface area contributed by atoms with E-state index in [1.807, 2.05) is 13.1 Å². The SMILES string of the molecule is CSc1ccc(-c2cc(C)cn2-c2ccc(S(N)(=O)=O)cc2)cc1. The molecule has 1 aromatic heterocycles. The van der Waals surface area contributed by atoms with Gasteiger partial charge in [0.1, 0.15) is 0 Å². The van der Waals surface area contributed by atoms with Gasteiger partial charge in [-0.25, -0.2) is 13.6 Å². The number of rotatable bonds is 4. The van der Waals surface area contributed by atoms with Crippen LogP contribution < -0.4 is 5.14 Å². The third kappa shape index (κ3) is 3.40. The van der Waals surface area contributed by atoms with E-state index in [1.54, 1.807) is 23.9 Å². The summed E-state index contributed by atoms with van der Waals surface area (Å²) in [5, 5.41) is 5.16. The van der Waals surface area contributed by atoms with E-state index in [0.717, 1.165) is 22.5 Å². The smallest absolute Gasteiger partial charge is 0.238 e. The van der Waals surface area contributed by atoms with Crippen LogP contribution in [0.25, 0.3) is 16.9 Å². The van der Waals surface area contributed by atoms with Gasteiger partial charge in [0, 0.05) is 16.8 Å². The molecule has 4 nitrogen and oxygen atoms in total. The second-order valence-electron chi connectivity index (χ2n) is 5.54. The molecule has 0 radical (unpaired) electrons. The molecule has 24 heavy (non-hydrogen) atoms.